The van der Waals surface area contributed by atoms with Crippen LogP contribution in [0.25, 0.3) is 6.08 Å². The number of pyridine rings is 1. The van der Waals surface area contributed by atoms with Crippen molar-refractivity contribution in [1.82, 2.24) is 10.3 Å². The van der Waals surface area contributed by atoms with Crippen molar-refractivity contribution in [3.05, 3.63) is 30.0 Å². The van der Waals surface area contributed by atoms with Gasteiger partial charge in [0.05, 0.1) is 0 Å². The molecule has 0 fully saturated rings. The first-order valence-electron chi connectivity index (χ1n) is 4.35. The molecule has 0 atom stereocenters. The van der Waals surface area contributed by atoms with E-state index in [1.165, 1.54) is 0 Å². The second-order valence-corrected chi connectivity index (χ2v) is 2.81. The van der Waals surface area contributed by atoms with Crippen LogP contribution in [0.4, 0.5) is 5.82 Å². The Kier molecular flexibility index (Phi) is 3.99. The van der Waals surface area contributed by atoms with Crippen LogP contribution in [0.1, 0.15) is 12.0 Å². The Hall–Kier alpha value is -1.35. The van der Waals surface area contributed by atoms with Crippen molar-refractivity contribution in [3.8, 4) is 0 Å². The summed E-state index contributed by atoms with van der Waals surface area (Å²) >= 11 is 0. The lowest BCUT2D eigenvalue weighted by Crippen LogP contribution is -2.05. The Morgan fingerprint density at radius 1 is 1.54 bits per heavy atom. The van der Waals surface area contributed by atoms with Gasteiger partial charge in [-0.25, -0.2) is 4.98 Å². The van der Waals surface area contributed by atoms with E-state index >= 15 is 0 Å². The molecule has 1 rings (SSSR count). The van der Waals surface area contributed by atoms with E-state index in [2.05, 4.69) is 16.4 Å². The smallest absolute Gasteiger partial charge is 0.123 e. The molecule has 0 unspecified atom stereocenters. The van der Waals surface area contributed by atoms with Crippen molar-refractivity contribution in [1.29, 1.82) is 0 Å². The molecule has 0 saturated carbocycles. The van der Waals surface area contributed by atoms with Crippen molar-refractivity contribution in [3.63, 3.8) is 0 Å². The number of nitrogens with zero attached hydrogens (tertiary/aromatic N) is 1. The van der Waals surface area contributed by atoms with E-state index in [1.54, 1.807) is 12.3 Å². The van der Waals surface area contributed by atoms with Gasteiger partial charge in [-0.1, -0.05) is 12.2 Å². The second-order valence-electron chi connectivity index (χ2n) is 2.81. The fourth-order valence-electron chi connectivity index (χ4n) is 0.962. The molecule has 3 N–H and O–H groups in total. The molecule has 13 heavy (non-hydrogen) atoms. The van der Waals surface area contributed by atoms with Crippen molar-refractivity contribution in [2.75, 3.05) is 19.3 Å². The average Bonchev–Trinajstić information content (AvgIpc) is 2.15. The summed E-state index contributed by atoms with van der Waals surface area (Å²) in [6.45, 7) is 0.999. The normalized spacial score (nSPS) is 10.8. The van der Waals surface area contributed by atoms with E-state index in [1.807, 2.05) is 19.2 Å². The average molecular weight is 177 g/mol. The van der Waals surface area contributed by atoms with Crippen LogP contribution < -0.4 is 11.1 Å². The lowest BCUT2D eigenvalue weighted by atomic mass is 10.2. The summed E-state index contributed by atoms with van der Waals surface area (Å²) in [5.74, 6) is 0.562. The molecule has 0 aliphatic carbocycles. The van der Waals surface area contributed by atoms with Gasteiger partial charge in [0.15, 0.2) is 0 Å². The Bertz CT molecular complexity index is 264. The third-order valence-electron chi connectivity index (χ3n) is 1.68. The first-order valence-corrected chi connectivity index (χ1v) is 4.35. The van der Waals surface area contributed by atoms with Crippen LogP contribution in [0, 0.1) is 0 Å². The van der Waals surface area contributed by atoms with Crippen LogP contribution >= 0.6 is 0 Å². The second kappa shape index (κ2) is 5.32. The quantitative estimate of drug-likeness (QED) is 0.681. The molecule has 0 saturated heterocycles. The standard InChI is InChI=1S/C10H15N3/c1-12-7-3-2-4-9-5-6-10(11)13-8-9/h2,4-6,8,12H,3,7H2,1H3,(H2,11,13)/b4-2+. The summed E-state index contributed by atoms with van der Waals surface area (Å²) in [7, 11) is 1.94. The zero-order valence-corrected chi connectivity index (χ0v) is 7.83. The predicted octanol–water partition coefficient (Wildman–Crippen LogP) is 1.29. The molecule has 0 amide bonds. The molecule has 3 heteroatoms. The third-order valence-corrected chi connectivity index (χ3v) is 1.68. The number of nitrogen functional groups attached to an aromatic ring is 1. The number of nitrogens with one attached hydrogen (secondary N) is 1. The van der Waals surface area contributed by atoms with Gasteiger partial charge in [-0.3, -0.25) is 0 Å². The first-order chi connectivity index (χ1) is 6.33. The van der Waals surface area contributed by atoms with Gasteiger partial charge >= 0.3 is 0 Å². The van der Waals surface area contributed by atoms with Crippen molar-refractivity contribution >= 4 is 11.9 Å². The Morgan fingerprint density at radius 2 is 2.38 bits per heavy atom. The van der Waals surface area contributed by atoms with Crippen LogP contribution in [0.5, 0.6) is 0 Å². The topological polar surface area (TPSA) is 50.9 Å². The van der Waals surface area contributed by atoms with Gasteiger partial charge in [0.2, 0.25) is 0 Å². The zero-order chi connectivity index (χ0) is 9.52. The maximum atomic E-state index is 5.46. The minimum absolute atomic E-state index is 0.562. The maximum absolute atomic E-state index is 5.46. The van der Waals surface area contributed by atoms with Gasteiger partial charge in [-0.2, -0.15) is 0 Å². The van der Waals surface area contributed by atoms with E-state index in [-0.39, 0.29) is 0 Å². The van der Waals surface area contributed by atoms with Crippen LogP contribution in [0.2, 0.25) is 0 Å². The summed E-state index contributed by atoms with van der Waals surface area (Å²) in [5, 5.41) is 3.08. The molecule has 1 heterocycles. The van der Waals surface area contributed by atoms with Crippen LogP contribution in [0.3, 0.4) is 0 Å². The molecule has 3 nitrogen and oxygen atoms in total. The summed E-state index contributed by atoms with van der Waals surface area (Å²) in [6, 6.07) is 3.76. The Morgan fingerprint density at radius 3 is 3.00 bits per heavy atom. The van der Waals surface area contributed by atoms with Crippen molar-refractivity contribution in [2.24, 2.45) is 0 Å². The molecule has 0 aliphatic rings. The van der Waals surface area contributed by atoms with Gasteiger partial charge in [0, 0.05) is 6.20 Å². The molecule has 0 spiro atoms. The number of anilines is 1. The van der Waals surface area contributed by atoms with Gasteiger partial charge in [-0.05, 0) is 37.7 Å². The lowest BCUT2D eigenvalue weighted by Gasteiger charge is -1.94. The monoisotopic (exact) mass is 177 g/mol. The van der Waals surface area contributed by atoms with Gasteiger partial charge in [0.25, 0.3) is 0 Å². The Labute approximate surface area is 78.7 Å². The largest absolute Gasteiger partial charge is 0.384 e. The van der Waals surface area contributed by atoms with Gasteiger partial charge in [0.1, 0.15) is 5.82 Å². The van der Waals surface area contributed by atoms with Gasteiger partial charge in [-0.15, -0.1) is 0 Å². The number of hydrogen-bond acceptors (Lipinski definition) is 3. The zero-order valence-electron chi connectivity index (χ0n) is 7.83. The number of rotatable bonds is 4. The molecular weight excluding hydrogens is 162 g/mol. The van der Waals surface area contributed by atoms with Crippen molar-refractivity contribution in [2.45, 2.75) is 6.42 Å². The van der Waals surface area contributed by atoms with E-state index in [0.717, 1.165) is 18.5 Å². The lowest BCUT2D eigenvalue weighted by molar-refractivity contribution is 0.809. The molecule has 1 aromatic heterocycles. The molecule has 1 aromatic rings. The van der Waals surface area contributed by atoms with Gasteiger partial charge < -0.3 is 11.1 Å². The summed E-state index contributed by atoms with van der Waals surface area (Å²) < 4.78 is 0. The van der Waals surface area contributed by atoms with E-state index < -0.39 is 0 Å². The molecule has 0 radical (unpaired) electrons. The van der Waals surface area contributed by atoms with E-state index in [9.17, 15) is 0 Å². The highest BCUT2D eigenvalue weighted by Crippen LogP contribution is 2.03. The highest BCUT2D eigenvalue weighted by atomic mass is 14.8. The van der Waals surface area contributed by atoms with Crippen LogP contribution in [-0.2, 0) is 0 Å². The molecule has 0 aromatic carbocycles. The third kappa shape index (κ3) is 3.71. The summed E-state index contributed by atoms with van der Waals surface area (Å²) in [5.41, 5.74) is 6.55. The van der Waals surface area contributed by atoms with Crippen molar-refractivity contribution < 1.29 is 0 Å². The number of aromatic nitrogens is 1. The fourth-order valence-corrected chi connectivity index (χ4v) is 0.962. The summed E-state index contributed by atoms with van der Waals surface area (Å²) in [4.78, 5) is 3.99. The fraction of sp³-hybridized carbons (Fsp3) is 0.300. The number of hydrogen-bond donors (Lipinski definition) is 2. The minimum Gasteiger partial charge on any atom is -0.384 e. The maximum Gasteiger partial charge on any atom is 0.123 e. The Balaban J connectivity index is 2.44. The van der Waals surface area contributed by atoms with E-state index in [0.29, 0.717) is 5.82 Å². The number of nitrogens with two attached hydrogens (primary N) is 1. The van der Waals surface area contributed by atoms with Crippen LogP contribution in [0.15, 0.2) is 24.4 Å². The summed E-state index contributed by atoms with van der Waals surface area (Å²) in [6.07, 6.45) is 6.96. The highest BCUT2D eigenvalue weighted by Gasteiger charge is 1.86. The van der Waals surface area contributed by atoms with Crippen LogP contribution in [-0.4, -0.2) is 18.6 Å². The van der Waals surface area contributed by atoms with E-state index in [4.69, 9.17) is 5.73 Å². The minimum atomic E-state index is 0.562. The highest BCUT2D eigenvalue weighted by molar-refractivity contribution is 5.49. The molecule has 70 valence electrons. The SMILES string of the molecule is CNCC/C=C/c1ccc(N)nc1. The molecule has 0 bridgehead atoms. The molecule has 0 aliphatic heterocycles. The predicted molar refractivity (Wildman–Crippen MR) is 56.2 cm³/mol. The molecular formula is C10H15N3. The first kappa shape index (κ1) is 9.74.